The van der Waals surface area contributed by atoms with E-state index in [9.17, 15) is 0 Å². The van der Waals surface area contributed by atoms with Crippen molar-refractivity contribution in [2.45, 2.75) is 40.3 Å². The van der Waals surface area contributed by atoms with E-state index in [4.69, 9.17) is 9.47 Å². The zero-order valence-electron chi connectivity index (χ0n) is 13.4. The largest absolute Gasteiger partial charge is 0.478 e. The monoisotopic (exact) mass is 292 g/mol. The van der Waals surface area contributed by atoms with Gasteiger partial charge in [-0.05, 0) is 26.7 Å². The Balaban J connectivity index is 2.61. The van der Waals surface area contributed by atoms with Crippen molar-refractivity contribution in [3.05, 3.63) is 24.9 Å². The van der Waals surface area contributed by atoms with Crippen LogP contribution in [0, 0.1) is 5.92 Å². The van der Waals surface area contributed by atoms with Gasteiger partial charge in [0.15, 0.2) is 0 Å². The predicted octanol–water partition coefficient (Wildman–Crippen LogP) is 2.75. The topological polar surface area (TPSA) is 54.1 Å². The number of ether oxygens (including phenoxy) is 2. The van der Waals surface area contributed by atoms with Gasteiger partial charge in [0.05, 0.1) is 25.7 Å². The van der Waals surface area contributed by atoms with Crippen LogP contribution < -0.4 is 9.47 Å². The Morgan fingerprint density at radius 3 is 2.48 bits per heavy atom. The molecule has 1 unspecified atom stereocenters. The third-order valence-electron chi connectivity index (χ3n) is 3.84. The molecule has 0 N–H and O–H groups in total. The normalized spacial score (nSPS) is 14.2. The highest BCUT2D eigenvalue weighted by atomic mass is 16.5. The molecule has 2 heterocycles. The standard InChI is InChI=1S/C15H24N4O2/c1-6-20-13-10-17-14(21-7-2)19(13)15(5,12(3)4)18-9-8-16-11-18/h8-12H,6-7H2,1-5H3. The van der Waals surface area contributed by atoms with Crippen LogP contribution >= 0.6 is 0 Å². The second-order valence-electron chi connectivity index (χ2n) is 5.30. The molecule has 116 valence electrons. The van der Waals surface area contributed by atoms with Crippen molar-refractivity contribution >= 4 is 0 Å². The number of nitrogens with zero attached hydrogens (tertiary/aromatic N) is 4. The number of rotatable bonds is 7. The maximum atomic E-state index is 5.75. The molecule has 0 radical (unpaired) electrons. The minimum absolute atomic E-state index is 0.277. The van der Waals surface area contributed by atoms with Crippen LogP contribution in [0.5, 0.6) is 11.9 Å². The second-order valence-corrected chi connectivity index (χ2v) is 5.30. The van der Waals surface area contributed by atoms with E-state index in [0.717, 1.165) is 0 Å². The van der Waals surface area contributed by atoms with E-state index >= 15 is 0 Å². The van der Waals surface area contributed by atoms with Crippen LogP contribution in [0.1, 0.15) is 34.6 Å². The van der Waals surface area contributed by atoms with Crippen LogP contribution in [0.15, 0.2) is 24.9 Å². The third kappa shape index (κ3) is 2.62. The first kappa shape index (κ1) is 15.4. The third-order valence-corrected chi connectivity index (χ3v) is 3.84. The van der Waals surface area contributed by atoms with Gasteiger partial charge >= 0.3 is 6.01 Å². The summed E-state index contributed by atoms with van der Waals surface area (Å²) in [4.78, 5) is 8.54. The quantitative estimate of drug-likeness (QED) is 0.787. The minimum atomic E-state index is -0.415. The van der Waals surface area contributed by atoms with Gasteiger partial charge in [-0.25, -0.2) is 9.55 Å². The van der Waals surface area contributed by atoms with Crippen molar-refractivity contribution in [1.82, 2.24) is 19.1 Å². The summed E-state index contributed by atoms with van der Waals surface area (Å²) in [6, 6.07) is 0.561. The number of aromatic nitrogens is 4. The average molecular weight is 292 g/mol. The first-order valence-corrected chi connectivity index (χ1v) is 7.37. The molecular weight excluding hydrogens is 268 g/mol. The molecule has 0 saturated carbocycles. The Hall–Kier alpha value is -1.98. The molecule has 2 rings (SSSR count). The Bertz CT molecular complexity index is 539. The summed E-state index contributed by atoms with van der Waals surface area (Å²) in [5, 5.41) is 0. The SMILES string of the molecule is CCOc1cnc(OCC)n1C(C)(C(C)C)n1ccnc1. The average Bonchev–Trinajstić information content (AvgIpc) is 3.09. The molecule has 0 saturated heterocycles. The second kappa shape index (κ2) is 6.20. The zero-order valence-corrected chi connectivity index (χ0v) is 13.4. The number of imidazole rings is 2. The molecule has 0 spiro atoms. The molecule has 0 aromatic carbocycles. The molecule has 21 heavy (non-hydrogen) atoms. The van der Waals surface area contributed by atoms with Crippen LogP contribution in [0.25, 0.3) is 0 Å². The van der Waals surface area contributed by atoms with Gasteiger partial charge in [0.25, 0.3) is 0 Å². The lowest BCUT2D eigenvalue weighted by molar-refractivity contribution is 0.128. The van der Waals surface area contributed by atoms with Crippen molar-refractivity contribution in [2.75, 3.05) is 13.2 Å². The highest BCUT2D eigenvalue weighted by molar-refractivity contribution is 5.20. The summed E-state index contributed by atoms with van der Waals surface area (Å²) in [5.74, 6) is 0.977. The lowest BCUT2D eigenvalue weighted by Crippen LogP contribution is -2.43. The molecule has 2 aromatic rings. The van der Waals surface area contributed by atoms with Crippen LogP contribution in [-0.2, 0) is 5.66 Å². The Morgan fingerprint density at radius 1 is 1.24 bits per heavy atom. The van der Waals surface area contributed by atoms with Gasteiger partial charge in [-0.1, -0.05) is 13.8 Å². The van der Waals surface area contributed by atoms with E-state index in [-0.39, 0.29) is 5.92 Å². The molecule has 0 fully saturated rings. The van der Waals surface area contributed by atoms with Crippen molar-refractivity contribution < 1.29 is 9.47 Å². The molecular formula is C15H24N4O2. The van der Waals surface area contributed by atoms with Crippen molar-refractivity contribution in [3.63, 3.8) is 0 Å². The Morgan fingerprint density at radius 2 is 1.95 bits per heavy atom. The van der Waals surface area contributed by atoms with E-state index in [1.807, 2.05) is 30.9 Å². The Labute approximate surface area is 125 Å². The number of hydrogen-bond acceptors (Lipinski definition) is 4. The fraction of sp³-hybridized carbons (Fsp3) is 0.600. The van der Waals surface area contributed by atoms with Crippen molar-refractivity contribution in [1.29, 1.82) is 0 Å². The number of hydrogen-bond donors (Lipinski definition) is 0. The van der Waals surface area contributed by atoms with Gasteiger partial charge in [-0.2, -0.15) is 4.98 Å². The highest BCUT2D eigenvalue weighted by Crippen LogP contribution is 2.36. The minimum Gasteiger partial charge on any atom is -0.478 e. The summed E-state index contributed by atoms with van der Waals surface area (Å²) in [5.41, 5.74) is -0.415. The van der Waals surface area contributed by atoms with Gasteiger partial charge in [-0.15, -0.1) is 0 Å². The van der Waals surface area contributed by atoms with Crippen molar-refractivity contribution in [3.8, 4) is 11.9 Å². The van der Waals surface area contributed by atoms with E-state index in [1.54, 1.807) is 12.4 Å². The molecule has 0 bridgehead atoms. The lowest BCUT2D eigenvalue weighted by atomic mass is 9.97. The van der Waals surface area contributed by atoms with E-state index in [2.05, 4.69) is 35.3 Å². The van der Waals surface area contributed by atoms with Crippen LogP contribution in [0.3, 0.4) is 0 Å². The molecule has 0 aliphatic rings. The van der Waals surface area contributed by atoms with Gasteiger partial charge in [0, 0.05) is 12.4 Å². The summed E-state index contributed by atoms with van der Waals surface area (Å²) < 4.78 is 15.5. The van der Waals surface area contributed by atoms with Gasteiger partial charge < -0.3 is 14.0 Å². The fourth-order valence-electron chi connectivity index (χ4n) is 2.42. The summed E-state index contributed by atoms with van der Waals surface area (Å²) >= 11 is 0. The molecule has 0 aliphatic carbocycles. The van der Waals surface area contributed by atoms with E-state index < -0.39 is 5.66 Å². The molecule has 2 aromatic heterocycles. The summed E-state index contributed by atoms with van der Waals surface area (Å²) in [6.45, 7) is 11.5. The van der Waals surface area contributed by atoms with Gasteiger partial charge in [0.2, 0.25) is 5.88 Å². The Kier molecular flexibility index (Phi) is 4.55. The molecule has 1 atom stereocenters. The molecule has 0 aliphatic heterocycles. The van der Waals surface area contributed by atoms with Crippen LogP contribution in [-0.4, -0.2) is 32.3 Å². The highest BCUT2D eigenvalue weighted by Gasteiger charge is 2.37. The first-order valence-electron chi connectivity index (χ1n) is 7.37. The van der Waals surface area contributed by atoms with E-state index in [1.165, 1.54) is 0 Å². The summed E-state index contributed by atoms with van der Waals surface area (Å²) in [6.07, 6.45) is 7.25. The van der Waals surface area contributed by atoms with Gasteiger partial charge in [-0.3, -0.25) is 0 Å². The van der Waals surface area contributed by atoms with E-state index in [0.29, 0.717) is 25.1 Å². The molecule has 6 nitrogen and oxygen atoms in total. The molecule has 0 amide bonds. The van der Waals surface area contributed by atoms with Crippen molar-refractivity contribution in [2.24, 2.45) is 5.92 Å². The maximum absolute atomic E-state index is 5.75. The summed E-state index contributed by atoms with van der Waals surface area (Å²) in [7, 11) is 0. The fourth-order valence-corrected chi connectivity index (χ4v) is 2.42. The molecule has 6 heteroatoms. The van der Waals surface area contributed by atoms with Crippen LogP contribution in [0.4, 0.5) is 0 Å². The first-order chi connectivity index (χ1) is 10.1. The van der Waals surface area contributed by atoms with Gasteiger partial charge in [0.1, 0.15) is 5.66 Å². The maximum Gasteiger partial charge on any atom is 0.301 e. The lowest BCUT2D eigenvalue weighted by Gasteiger charge is -2.38. The predicted molar refractivity (Wildman–Crippen MR) is 80.7 cm³/mol. The zero-order chi connectivity index (χ0) is 15.5. The van der Waals surface area contributed by atoms with Crippen LogP contribution in [0.2, 0.25) is 0 Å². The smallest absolute Gasteiger partial charge is 0.301 e.